The molecule has 0 bridgehead atoms. The first-order chi connectivity index (χ1) is 14.7. The van der Waals surface area contributed by atoms with Crippen LogP contribution in [-0.4, -0.2) is 85.7 Å². The molecule has 0 spiro atoms. The van der Waals surface area contributed by atoms with Crippen molar-refractivity contribution in [3.63, 3.8) is 0 Å². The van der Waals surface area contributed by atoms with Gasteiger partial charge in [0.05, 0.1) is 13.1 Å². The maximum absolute atomic E-state index is 12.6. The van der Waals surface area contributed by atoms with Gasteiger partial charge in [0.25, 0.3) is 0 Å². The average molecular weight is 417 g/mol. The molecule has 2 fully saturated rings. The maximum atomic E-state index is 12.6. The van der Waals surface area contributed by atoms with Crippen LogP contribution in [0.5, 0.6) is 11.5 Å². The van der Waals surface area contributed by atoms with Crippen molar-refractivity contribution < 1.29 is 19.1 Å². The van der Waals surface area contributed by atoms with Crippen LogP contribution in [0.3, 0.4) is 0 Å². The number of rotatable bonds is 6. The van der Waals surface area contributed by atoms with Gasteiger partial charge in [0.2, 0.25) is 18.6 Å². The largest absolute Gasteiger partial charge is 0.454 e. The molecule has 0 aromatic heterocycles. The normalized spacial score (nSPS) is 20.1. The van der Waals surface area contributed by atoms with E-state index in [1.54, 1.807) is 0 Å². The fourth-order valence-electron chi connectivity index (χ4n) is 4.23. The monoisotopic (exact) mass is 416 g/mol. The lowest BCUT2D eigenvalue weighted by atomic mass is 10.2. The Morgan fingerprint density at radius 2 is 1.50 bits per heavy atom. The number of amides is 2. The molecular weight excluding hydrogens is 384 g/mol. The van der Waals surface area contributed by atoms with Gasteiger partial charge in [-0.15, -0.1) is 0 Å². The fourth-order valence-corrected chi connectivity index (χ4v) is 4.23. The molecule has 8 nitrogen and oxygen atoms in total. The minimum absolute atomic E-state index is 0.0155. The number of piperazine rings is 1. The van der Waals surface area contributed by atoms with Gasteiger partial charge in [-0.05, 0) is 30.5 Å². The van der Waals surface area contributed by atoms with Crippen LogP contribution >= 0.6 is 0 Å². The van der Waals surface area contributed by atoms with Crippen molar-refractivity contribution in [1.29, 1.82) is 0 Å². The topological polar surface area (TPSA) is 74.4 Å². The van der Waals surface area contributed by atoms with E-state index in [1.165, 1.54) is 12.8 Å². The molecule has 1 aromatic carbocycles. The zero-order valence-corrected chi connectivity index (χ0v) is 17.6. The van der Waals surface area contributed by atoms with Crippen LogP contribution in [0, 0.1) is 0 Å². The summed E-state index contributed by atoms with van der Waals surface area (Å²) in [6, 6.07) is 5.71. The molecule has 1 aromatic rings. The van der Waals surface area contributed by atoms with Crippen LogP contribution in [0.4, 0.5) is 0 Å². The van der Waals surface area contributed by atoms with Crippen LogP contribution in [0.1, 0.15) is 31.2 Å². The van der Waals surface area contributed by atoms with Crippen LogP contribution in [-0.2, 0) is 16.1 Å². The van der Waals surface area contributed by atoms with Gasteiger partial charge in [0.1, 0.15) is 0 Å². The second-order valence-corrected chi connectivity index (χ2v) is 8.31. The highest BCUT2D eigenvalue weighted by molar-refractivity contribution is 5.78. The van der Waals surface area contributed by atoms with Crippen LogP contribution in [0.25, 0.3) is 0 Å². The lowest BCUT2D eigenvalue weighted by Gasteiger charge is -2.35. The molecule has 3 aliphatic heterocycles. The van der Waals surface area contributed by atoms with E-state index in [1.807, 2.05) is 23.1 Å². The molecule has 0 atom stereocenters. The van der Waals surface area contributed by atoms with Crippen molar-refractivity contribution in [1.82, 2.24) is 20.0 Å². The Balaban J connectivity index is 1.14. The van der Waals surface area contributed by atoms with Crippen molar-refractivity contribution in [3.8, 4) is 11.5 Å². The van der Waals surface area contributed by atoms with Crippen LogP contribution < -0.4 is 14.8 Å². The predicted octanol–water partition coefficient (Wildman–Crippen LogP) is 1.05. The Bertz CT molecular complexity index is 741. The van der Waals surface area contributed by atoms with Crippen molar-refractivity contribution >= 4 is 11.8 Å². The summed E-state index contributed by atoms with van der Waals surface area (Å²) >= 11 is 0. The van der Waals surface area contributed by atoms with E-state index in [4.69, 9.17) is 9.47 Å². The first-order valence-electron chi connectivity index (χ1n) is 11.0. The summed E-state index contributed by atoms with van der Waals surface area (Å²) in [5, 5.41) is 2.98. The number of likely N-dealkylation sites (tertiary alicyclic amines) is 1. The van der Waals surface area contributed by atoms with Gasteiger partial charge < -0.3 is 19.7 Å². The first kappa shape index (κ1) is 20.9. The molecule has 3 aliphatic rings. The van der Waals surface area contributed by atoms with Gasteiger partial charge in [0, 0.05) is 45.8 Å². The van der Waals surface area contributed by atoms with E-state index in [0.717, 1.165) is 69.2 Å². The molecule has 2 saturated heterocycles. The molecule has 8 heteroatoms. The summed E-state index contributed by atoms with van der Waals surface area (Å²) in [4.78, 5) is 31.3. The highest BCUT2D eigenvalue weighted by Gasteiger charge is 2.23. The molecule has 3 heterocycles. The summed E-state index contributed by atoms with van der Waals surface area (Å²) in [6.45, 7) is 6.70. The van der Waals surface area contributed by atoms with E-state index in [9.17, 15) is 9.59 Å². The van der Waals surface area contributed by atoms with Gasteiger partial charge in [-0.1, -0.05) is 18.9 Å². The zero-order valence-electron chi connectivity index (χ0n) is 17.6. The predicted molar refractivity (Wildman–Crippen MR) is 112 cm³/mol. The first-order valence-corrected chi connectivity index (χ1v) is 11.0. The summed E-state index contributed by atoms with van der Waals surface area (Å²) in [5.41, 5.74) is 0.990. The Morgan fingerprint density at radius 1 is 0.833 bits per heavy atom. The number of nitrogens with one attached hydrogen (secondary N) is 1. The van der Waals surface area contributed by atoms with Gasteiger partial charge in [-0.25, -0.2) is 0 Å². The molecule has 30 heavy (non-hydrogen) atoms. The Labute approximate surface area is 178 Å². The Kier molecular flexibility index (Phi) is 7.07. The van der Waals surface area contributed by atoms with Crippen LogP contribution in [0.15, 0.2) is 18.2 Å². The molecule has 0 unspecified atom stereocenters. The third-order valence-electron chi connectivity index (χ3n) is 6.08. The van der Waals surface area contributed by atoms with Crippen molar-refractivity contribution in [3.05, 3.63) is 23.8 Å². The van der Waals surface area contributed by atoms with Gasteiger partial charge in [-0.3, -0.25) is 19.4 Å². The quantitative estimate of drug-likeness (QED) is 0.747. The van der Waals surface area contributed by atoms with Gasteiger partial charge in [-0.2, -0.15) is 0 Å². The minimum atomic E-state index is 0.0155. The Hall–Kier alpha value is -2.32. The summed E-state index contributed by atoms with van der Waals surface area (Å²) in [6.07, 6.45) is 4.72. The van der Waals surface area contributed by atoms with E-state index in [2.05, 4.69) is 15.1 Å². The summed E-state index contributed by atoms with van der Waals surface area (Å²) in [5.74, 6) is 1.75. The molecule has 4 rings (SSSR count). The van der Waals surface area contributed by atoms with Crippen molar-refractivity contribution in [2.45, 2.75) is 32.2 Å². The van der Waals surface area contributed by atoms with Gasteiger partial charge in [0.15, 0.2) is 11.5 Å². The number of hydrogen-bond donors (Lipinski definition) is 1. The number of hydrogen-bond acceptors (Lipinski definition) is 6. The standard InChI is InChI=1S/C22H32N4O4/c27-21(23-14-18-5-6-19-20(13-18)30-17-29-19)15-24-9-11-25(12-10-24)16-22(28)26-7-3-1-2-4-8-26/h5-6,13H,1-4,7-12,14-17H2,(H,23,27). The smallest absolute Gasteiger partial charge is 0.236 e. The van der Waals surface area contributed by atoms with E-state index in [0.29, 0.717) is 19.6 Å². The molecule has 0 saturated carbocycles. The van der Waals surface area contributed by atoms with Crippen LogP contribution in [0.2, 0.25) is 0 Å². The number of nitrogens with zero attached hydrogens (tertiary/aromatic N) is 3. The number of ether oxygens (including phenoxy) is 2. The van der Waals surface area contributed by atoms with Crippen molar-refractivity contribution in [2.24, 2.45) is 0 Å². The number of fused-ring (bicyclic) bond motifs is 1. The molecule has 164 valence electrons. The Morgan fingerprint density at radius 3 is 2.23 bits per heavy atom. The van der Waals surface area contributed by atoms with Gasteiger partial charge >= 0.3 is 0 Å². The maximum Gasteiger partial charge on any atom is 0.236 e. The van der Waals surface area contributed by atoms with Crippen molar-refractivity contribution in [2.75, 3.05) is 59.2 Å². The number of carbonyl (C=O) groups is 2. The second-order valence-electron chi connectivity index (χ2n) is 8.31. The molecular formula is C22H32N4O4. The highest BCUT2D eigenvalue weighted by Crippen LogP contribution is 2.32. The summed E-state index contributed by atoms with van der Waals surface area (Å²) < 4.78 is 10.7. The van der Waals surface area contributed by atoms with E-state index >= 15 is 0 Å². The lowest BCUT2D eigenvalue weighted by molar-refractivity contribution is -0.133. The number of benzene rings is 1. The third kappa shape index (κ3) is 5.64. The number of carbonyl (C=O) groups excluding carboxylic acids is 2. The fraction of sp³-hybridized carbons (Fsp3) is 0.636. The molecule has 2 amide bonds. The molecule has 0 radical (unpaired) electrons. The zero-order chi connectivity index (χ0) is 20.8. The van der Waals surface area contributed by atoms with E-state index in [-0.39, 0.29) is 18.6 Å². The summed E-state index contributed by atoms with van der Waals surface area (Å²) in [7, 11) is 0. The molecule has 1 N–H and O–H groups in total. The highest BCUT2D eigenvalue weighted by atomic mass is 16.7. The minimum Gasteiger partial charge on any atom is -0.454 e. The average Bonchev–Trinajstić information content (AvgIpc) is 3.05. The SMILES string of the molecule is O=C(CN1CCN(CC(=O)N2CCCCCC2)CC1)NCc1ccc2c(c1)OCO2. The third-order valence-corrected chi connectivity index (χ3v) is 6.08. The molecule has 0 aliphatic carbocycles. The second kappa shape index (κ2) is 10.1. The lowest BCUT2D eigenvalue weighted by Crippen LogP contribution is -2.52. The van der Waals surface area contributed by atoms with E-state index < -0.39 is 0 Å².